The summed E-state index contributed by atoms with van der Waals surface area (Å²) < 4.78 is 5.00. The van der Waals surface area contributed by atoms with Gasteiger partial charge in [-0.1, -0.05) is 0 Å². The number of carbonyl (C=O) groups excluding carboxylic acids is 1. The van der Waals surface area contributed by atoms with Crippen molar-refractivity contribution in [3.63, 3.8) is 0 Å². The summed E-state index contributed by atoms with van der Waals surface area (Å²) in [5.41, 5.74) is 0.839. The first kappa shape index (κ1) is 11.2. The molecule has 0 spiro atoms. The SMILES string of the molecule is COc1cc2c(cc1O)N[C@H](O)[C@@H]1CCN1C2=O. The molecule has 0 aromatic heterocycles. The zero-order valence-electron chi connectivity index (χ0n) is 9.88. The second-order valence-corrected chi connectivity index (χ2v) is 4.51. The molecule has 0 bridgehead atoms. The van der Waals surface area contributed by atoms with Crippen LogP contribution in [-0.4, -0.2) is 46.9 Å². The third kappa shape index (κ3) is 1.42. The number of hydrogen-bond acceptors (Lipinski definition) is 5. The van der Waals surface area contributed by atoms with Gasteiger partial charge in [-0.3, -0.25) is 4.79 Å². The second-order valence-electron chi connectivity index (χ2n) is 4.51. The van der Waals surface area contributed by atoms with Crippen molar-refractivity contribution in [3.05, 3.63) is 17.7 Å². The highest BCUT2D eigenvalue weighted by Crippen LogP contribution is 2.37. The molecule has 1 aromatic carbocycles. The number of aliphatic hydroxyl groups excluding tert-OH is 1. The van der Waals surface area contributed by atoms with Gasteiger partial charge in [0.1, 0.15) is 6.23 Å². The van der Waals surface area contributed by atoms with Gasteiger partial charge in [0.2, 0.25) is 0 Å². The average Bonchev–Trinajstić information content (AvgIpc) is 2.32. The van der Waals surface area contributed by atoms with Crippen LogP contribution in [0.4, 0.5) is 5.69 Å². The number of nitrogens with one attached hydrogen (secondary N) is 1. The van der Waals surface area contributed by atoms with Crippen molar-refractivity contribution in [2.45, 2.75) is 18.7 Å². The topological polar surface area (TPSA) is 82.0 Å². The van der Waals surface area contributed by atoms with Gasteiger partial charge in [-0.15, -0.1) is 0 Å². The Morgan fingerprint density at radius 3 is 2.89 bits per heavy atom. The van der Waals surface area contributed by atoms with Gasteiger partial charge >= 0.3 is 0 Å². The third-order valence-electron chi connectivity index (χ3n) is 3.54. The van der Waals surface area contributed by atoms with Crippen LogP contribution in [0.1, 0.15) is 16.8 Å². The van der Waals surface area contributed by atoms with Crippen molar-refractivity contribution >= 4 is 11.6 Å². The molecule has 1 saturated heterocycles. The van der Waals surface area contributed by atoms with Crippen molar-refractivity contribution in [2.24, 2.45) is 0 Å². The van der Waals surface area contributed by atoms with Crippen molar-refractivity contribution in [1.29, 1.82) is 0 Å². The number of amides is 1. The predicted octanol–water partition coefficient (Wildman–Crippen LogP) is 0.359. The van der Waals surface area contributed by atoms with Gasteiger partial charge in [-0.25, -0.2) is 0 Å². The van der Waals surface area contributed by atoms with Crippen LogP contribution in [0.3, 0.4) is 0 Å². The number of hydrogen-bond donors (Lipinski definition) is 3. The maximum Gasteiger partial charge on any atom is 0.256 e. The van der Waals surface area contributed by atoms with E-state index >= 15 is 0 Å². The monoisotopic (exact) mass is 250 g/mol. The molecule has 1 amide bonds. The Bertz CT molecular complexity index is 517. The predicted molar refractivity (Wildman–Crippen MR) is 63.7 cm³/mol. The number of methoxy groups -OCH3 is 1. The molecule has 3 N–H and O–H groups in total. The van der Waals surface area contributed by atoms with E-state index in [4.69, 9.17) is 4.74 Å². The molecule has 0 aliphatic carbocycles. The average molecular weight is 250 g/mol. The van der Waals surface area contributed by atoms with E-state index in [0.29, 0.717) is 17.8 Å². The summed E-state index contributed by atoms with van der Waals surface area (Å²) in [6, 6.07) is 2.70. The number of benzene rings is 1. The van der Waals surface area contributed by atoms with E-state index in [1.54, 1.807) is 4.90 Å². The molecule has 3 rings (SSSR count). The van der Waals surface area contributed by atoms with E-state index in [1.165, 1.54) is 19.2 Å². The molecule has 2 heterocycles. The molecule has 6 nitrogen and oxygen atoms in total. The first-order valence-electron chi connectivity index (χ1n) is 5.78. The minimum Gasteiger partial charge on any atom is -0.504 e. The number of rotatable bonds is 1. The van der Waals surface area contributed by atoms with Crippen LogP contribution < -0.4 is 10.1 Å². The van der Waals surface area contributed by atoms with Crippen molar-refractivity contribution in [2.75, 3.05) is 19.0 Å². The Morgan fingerprint density at radius 2 is 2.28 bits per heavy atom. The summed E-state index contributed by atoms with van der Waals surface area (Å²) in [6.07, 6.45) is -0.0338. The van der Waals surface area contributed by atoms with E-state index in [9.17, 15) is 15.0 Å². The Hall–Kier alpha value is -1.95. The van der Waals surface area contributed by atoms with Gasteiger partial charge in [0.15, 0.2) is 11.5 Å². The molecule has 2 aliphatic heterocycles. The van der Waals surface area contributed by atoms with Gasteiger partial charge in [0.25, 0.3) is 5.91 Å². The quantitative estimate of drug-likeness (QED) is 0.670. The highest BCUT2D eigenvalue weighted by molar-refractivity contribution is 6.02. The van der Waals surface area contributed by atoms with E-state index in [2.05, 4.69) is 5.32 Å². The summed E-state index contributed by atoms with van der Waals surface area (Å²) in [4.78, 5) is 13.9. The first-order chi connectivity index (χ1) is 8.61. The van der Waals surface area contributed by atoms with Gasteiger partial charge in [-0.05, 0) is 12.5 Å². The van der Waals surface area contributed by atoms with Crippen LogP contribution in [0.25, 0.3) is 0 Å². The zero-order valence-corrected chi connectivity index (χ0v) is 9.88. The fraction of sp³-hybridized carbons (Fsp3) is 0.417. The number of nitrogens with zero attached hydrogens (tertiary/aromatic N) is 1. The molecule has 1 fully saturated rings. The molecule has 96 valence electrons. The zero-order chi connectivity index (χ0) is 12.9. The van der Waals surface area contributed by atoms with E-state index in [-0.39, 0.29) is 23.4 Å². The Balaban J connectivity index is 2.10. The highest BCUT2D eigenvalue weighted by Gasteiger charge is 2.41. The van der Waals surface area contributed by atoms with Gasteiger partial charge < -0.3 is 25.2 Å². The molecular weight excluding hydrogens is 236 g/mol. The number of ether oxygens (including phenoxy) is 1. The summed E-state index contributed by atoms with van der Waals surface area (Å²) in [7, 11) is 1.43. The fourth-order valence-corrected chi connectivity index (χ4v) is 2.43. The minimum absolute atomic E-state index is 0.0620. The Kier molecular flexibility index (Phi) is 2.34. The Morgan fingerprint density at radius 1 is 1.50 bits per heavy atom. The Labute approximate surface area is 104 Å². The van der Waals surface area contributed by atoms with Crippen LogP contribution in [0.5, 0.6) is 11.5 Å². The number of phenols is 1. The number of carbonyl (C=O) groups is 1. The maximum absolute atomic E-state index is 12.3. The molecule has 18 heavy (non-hydrogen) atoms. The lowest BCUT2D eigenvalue weighted by molar-refractivity contribution is 0.00699. The van der Waals surface area contributed by atoms with Crippen LogP contribution in [-0.2, 0) is 0 Å². The highest BCUT2D eigenvalue weighted by atomic mass is 16.5. The molecule has 2 atom stereocenters. The van der Waals surface area contributed by atoms with Crippen molar-refractivity contribution in [1.82, 2.24) is 4.90 Å². The van der Waals surface area contributed by atoms with Crippen LogP contribution in [0.2, 0.25) is 0 Å². The van der Waals surface area contributed by atoms with E-state index in [0.717, 1.165) is 6.42 Å². The summed E-state index contributed by atoms with van der Waals surface area (Å²) in [6.45, 7) is 0.644. The molecule has 0 unspecified atom stereocenters. The number of aliphatic hydroxyl groups is 1. The largest absolute Gasteiger partial charge is 0.504 e. The lowest BCUT2D eigenvalue weighted by Gasteiger charge is -2.41. The fourth-order valence-electron chi connectivity index (χ4n) is 2.43. The molecule has 0 radical (unpaired) electrons. The van der Waals surface area contributed by atoms with E-state index in [1.807, 2.05) is 0 Å². The van der Waals surface area contributed by atoms with Crippen molar-refractivity contribution < 1.29 is 19.7 Å². The normalized spacial score (nSPS) is 25.4. The maximum atomic E-state index is 12.3. The summed E-state index contributed by atoms with van der Waals surface area (Å²) in [5.74, 6) is 0.0361. The number of aromatic hydroxyl groups is 1. The number of anilines is 1. The summed E-state index contributed by atoms with van der Waals surface area (Å²) in [5, 5.41) is 22.5. The molecular formula is C12H14N2O4. The summed E-state index contributed by atoms with van der Waals surface area (Å²) >= 11 is 0. The van der Waals surface area contributed by atoms with Gasteiger partial charge in [0.05, 0.1) is 24.4 Å². The molecule has 0 saturated carbocycles. The third-order valence-corrected chi connectivity index (χ3v) is 3.54. The second kappa shape index (κ2) is 3.78. The molecule has 6 heteroatoms. The van der Waals surface area contributed by atoms with Gasteiger partial charge in [-0.2, -0.15) is 0 Å². The molecule has 2 aliphatic rings. The van der Waals surface area contributed by atoms with Crippen LogP contribution >= 0.6 is 0 Å². The lowest BCUT2D eigenvalue weighted by Crippen LogP contribution is -2.57. The van der Waals surface area contributed by atoms with E-state index < -0.39 is 6.23 Å². The lowest BCUT2D eigenvalue weighted by atomic mass is 10.0. The van der Waals surface area contributed by atoms with Crippen molar-refractivity contribution in [3.8, 4) is 11.5 Å². The minimum atomic E-state index is -0.809. The number of phenolic OH excluding ortho intramolecular Hbond substituents is 1. The van der Waals surface area contributed by atoms with Gasteiger partial charge in [0, 0.05) is 12.6 Å². The van der Waals surface area contributed by atoms with Crippen LogP contribution in [0.15, 0.2) is 12.1 Å². The van der Waals surface area contributed by atoms with Crippen LogP contribution in [0, 0.1) is 0 Å². The first-order valence-corrected chi connectivity index (χ1v) is 5.78. The number of fused-ring (bicyclic) bond motifs is 2. The standard InChI is InChI=1S/C12H14N2O4/c1-18-10-4-6-7(5-9(10)15)13-11(16)8-2-3-14(8)12(6)17/h4-5,8,11,13,15-16H,2-3H2,1H3/t8-,11+/m0/s1. The molecule has 1 aromatic rings. The smallest absolute Gasteiger partial charge is 0.256 e.